The molecule has 2 heterocycles. The van der Waals surface area contributed by atoms with Gasteiger partial charge in [-0.15, -0.1) is 0 Å². The lowest BCUT2D eigenvalue weighted by molar-refractivity contribution is -0.119. The number of aromatic nitrogens is 1. The van der Waals surface area contributed by atoms with Crippen molar-refractivity contribution in [3.8, 4) is 0 Å². The van der Waals surface area contributed by atoms with Crippen molar-refractivity contribution < 1.29 is 9.53 Å². The molecule has 1 unspecified atom stereocenters. The van der Waals surface area contributed by atoms with Gasteiger partial charge in [-0.05, 0) is 50.3 Å². The zero-order chi connectivity index (χ0) is 17.1. The third-order valence-corrected chi connectivity index (χ3v) is 5.53. The first-order chi connectivity index (χ1) is 11.6. The molecular weight excluding hydrogens is 320 g/mol. The van der Waals surface area contributed by atoms with E-state index >= 15 is 0 Å². The fourth-order valence-electron chi connectivity index (χ4n) is 3.22. The Bertz CT molecular complexity index is 719. The molecule has 0 saturated carbocycles. The van der Waals surface area contributed by atoms with Crippen molar-refractivity contribution in [1.29, 1.82) is 0 Å². The molecule has 24 heavy (non-hydrogen) atoms. The van der Waals surface area contributed by atoms with Gasteiger partial charge in [0, 0.05) is 13.0 Å². The SMILES string of the molecule is CCCCC(=O)N(CC1CCCO1)c1nc2c(C)cc(C)cc2s1. The zero-order valence-electron chi connectivity index (χ0n) is 14.8. The van der Waals surface area contributed by atoms with E-state index in [4.69, 9.17) is 9.72 Å². The minimum absolute atomic E-state index is 0.144. The lowest BCUT2D eigenvalue weighted by atomic mass is 10.1. The van der Waals surface area contributed by atoms with Crippen molar-refractivity contribution in [1.82, 2.24) is 4.98 Å². The maximum absolute atomic E-state index is 12.8. The van der Waals surface area contributed by atoms with Crippen LogP contribution in [0.4, 0.5) is 5.13 Å². The summed E-state index contributed by atoms with van der Waals surface area (Å²) in [7, 11) is 0. The quantitative estimate of drug-likeness (QED) is 0.767. The average molecular weight is 346 g/mol. The molecule has 1 atom stereocenters. The lowest BCUT2D eigenvalue weighted by Gasteiger charge is -2.23. The molecule has 2 aromatic rings. The highest BCUT2D eigenvalue weighted by Crippen LogP contribution is 2.32. The monoisotopic (exact) mass is 346 g/mol. The molecule has 1 fully saturated rings. The van der Waals surface area contributed by atoms with Gasteiger partial charge in [-0.1, -0.05) is 30.7 Å². The van der Waals surface area contributed by atoms with Crippen molar-refractivity contribution in [3.63, 3.8) is 0 Å². The Balaban J connectivity index is 1.91. The summed E-state index contributed by atoms with van der Waals surface area (Å²) in [6.45, 7) is 7.73. The van der Waals surface area contributed by atoms with Crippen molar-refractivity contribution in [3.05, 3.63) is 23.3 Å². The Kier molecular flexibility index (Phi) is 5.51. The maximum atomic E-state index is 12.8. The number of aryl methyl sites for hydroxylation is 2. The molecule has 0 aliphatic carbocycles. The first-order valence-electron chi connectivity index (χ1n) is 8.88. The van der Waals surface area contributed by atoms with Gasteiger partial charge in [-0.2, -0.15) is 0 Å². The van der Waals surface area contributed by atoms with E-state index in [9.17, 15) is 4.79 Å². The Hall–Kier alpha value is -1.46. The van der Waals surface area contributed by atoms with E-state index in [1.54, 1.807) is 11.3 Å². The number of hydrogen-bond acceptors (Lipinski definition) is 4. The minimum atomic E-state index is 0.144. The van der Waals surface area contributed by atoms with Gasteiger partial charge in [-0.25, -0.2) is 4.98 Å². The lowest BCUT2D eigenvalue weighted by Crippen LogP contribution is -2.37. The fourth-order valence-corrected chi connectivity index (χ4v) is 4.38. The second kappa shape index (κ2) is 7.62. The number of thiazole rings is 1. The molecule has 4 nitrogen and oxygen atoms in total. The second-order valence-electron chi connectivity index (χ2n) is 6.67. The van der Waals surface area contributed by atoms with Crippen molar-refractivity contribution in [2.75, 3.05) is 18.1 Å². The Labute approximate surface area is 147 Å². The molecule has 130 valence electrons. The minimum Gasteiger partial charge on any atom is -0.376 e. The number of fused-ring (bicyclic) bond motifs is 1. The number of rotatable bonds is 6. The molecule has 1 aromatic carbocycles. The predicted molar refractivity (Wildman–Crippen MR) is 99.9 cm³/mol. The van der Waals surface area contributed by atoms with E-state index in [0.29, 0.717) is 13.0 Å². The van der Waals surface area contributed by atoms with Crippen LogP contribution < -0.4 is 4.90 Å². The molecule has 0 radical (unpaired) electrons. The summed E-state index contributed by atoms with van der Waals surface area (Å²) in [5.74, 6) is 0.167. The van der Waals surface area contributed by atoms with Crippen LogP contribution in [-0.2, 0) is 9.53 Å². The third kappa shape index (κ3) is 3.78. The van der Waals surface area contributed by atoms with E-state index in [0.717, 1.165) is 47.6 Å². The fraction of sp³-hybridized carbons (Fsp3) is 0.579. The van der Waals surface area contributed by atoms with Gasteiger partial charge in [0.2, 0.25) is 5.91 Å². The van der Waals surface area contributed by atoms with Crippen LogP contribution in [0.15, 0.2) is 12.1 Å². The van der Waals surface area contributed by atoms with Crippen LogP contribution in [0.3, 0.4) is 0 Å². The third-order valence-electron chi connectivity index (χ3n) is 4.50. The Morgan fingerprint density at radius 2 is 2.25 bits per heavy atom. The summed E-state index contributed by atoms with van der Waals surface area (Å²) in [6.07, 6.45) is 4.78. The smallest absolute Gasteiger partial charge is 0.228 e. The van der Waals surface area contributed by atoms with Crippen molar-refractivity contribution in [2.24, 2.45) is 0 Å². The van der Waals surface area contributed by atoms with Gasteiger partial charge in [0.25, 0.3) is 0 Å². The Morgan fingerprint density at radius 3 is 2.96 bits per heavy atom. The van der Waals surface area contributed by atoms with Gasteiger partial charge >= 0.3 is 0 Å². The second-order valence-corrected chi connectivity index (χ2v) is 7.68. The highest BCUT2D eigenvalue weighted by atomic mass is 32.1. The van der Waals surface area contributed by atoms with Gasteiger partial charge in [0.1, 0.15) is 0 Å². The zero-order valence-corrected chi connectivity index (χ0v) is 15.6. The molecule has 1 aliphatic heterocycles. The average Bonchev–Trinajstić information content (AvgIpc) is 3.19. The summed E-state index contributed by atoms with van der Waals surface area (Å²) in [5, 5.41) is 0.815. The molecule has 0 spiro atoms. The molecule has 1 aliphatic rings. The molecule has 0 N–H and O–H groups in total. The standard InChI is InChI=1S/C19H26N2O2S/c1-4-5-8-17(22)21(12-15-7-6-9-23-15)19-20-18-14(3)10-13(2)11-16(18)24-19/h10-11,15H,4-9,12H2,1-3H3. The number of nitrogens with zero attached hydrogens (tertiary/aromatic N) is 2. The number of benzene rings is 1. The summed E-state index contributed by atoms with van der Waals surface area (Å²) >= 11 is 1.62. The number of amides is 1. The van der Waals surface area contributed by atoms with E-state index in [2.05, 4.69) is 32.9 Å². The summed E-state index contributed by atoms with van der Waals surface area (Å²) in [4.78, 5) is 19.4. The number of unbranched alkanes of at least 4 members (excludes halogenated alkanes) is 1. The van der Waals surface area contributed by atoms with Crippen LogP contribution in [0, 0.1) is 13.8 Å². The molecule has 1 saturated heterocycles. The first kappa shape index (κ1) is 17.4. The number of carbonyl (C=O) groups is 1. The van der Waals surface area contributed by atoms with Crippen LogP contribution in [-0.4, -0.2) is 30.1 Å². The predicted octanol–water partition coefficient (Wildman–Crippen LogP) is 4.62. The Morgan fingerprint density at radius 1 is 1.42 bits per heavy atom. The molecular formula is C19H26N2O2S. The summed E-state index contributed by atoms with van der Waals surface area (Å²) in [5.41, 5.74) is 3.42. The van der Waals surface area contributed by atoms with Crippen LogP contribution in [0.25, 0.3) is 10.2 Å². The maximum Gasteiger partial charge on any atom is 0.228 e. The van der Waals surface area contributed by atoms with E-state index in [1.165, 1.54) is 11.1 Å². The van der Waals surface area contributed by atoms with Crippen LogP contribution >= 0.6 is 11.3 Å². The first-order valence-corrected chi connectivity index (χ1v) is 9.70. The molecule has 1 aromatic heterocycles. The highest BCUT2D eigenvalue weighted by Gasteiger charge is 2.26. The van der Waals surface area contributed by atoms with Crippen LogP contribution in [0.5, 0.6) is 0 Å². The molecule has 0 bridgehead atoms. The molecule has 5 heteroatoms. The number of hydrogen-bond donors (Lipinski definition) is 0. The van der Waals surface area contributed by atoms with E-state index in [1.807, 2.05) is 4.90 Å². The van der Waals surface area contributed by atoms with Gasteiger partial charge in [0.05, 0.1) is 22.9 Å². The molecule has 1 amide bonds. The highest BCUT2D eigenvalue weighted by molar-refractivity contribution is 7.22. The number of anilines is 1. The van der Waals surface area contributed by atoms with Crippen LogP contribution in [0.1, 0.15) is 50.2 Å². The van der Waals surface area contributed by atoms with Crippen molar-refractivity contribution in [2.45, 2.75) is 59.0 Å². The summed E-state index contributed by atoms with van der Waals surface area (Å²) in [6, 6.07) is 4.30. The van der Waals surface area contributed by atoms with E-state index in [-0.39, 0.29) is 12.0 Å². The topological polar surface area (TPSA) is 42.4 Å². The summed E-state index contributed by atoms with van der Waals surface area (Å²) < 4.78 is 6.92. The van der Waals surface area contributed by atoms with Crippen molar-refractivity contribution >= 4 is 32.6 Å². The molecule has 3 rings (SSSR count). The van der Waals surface area contributed by atoms with Crippen LogP contribution in [0.2, 0.25) is 0 Å². The van der Waals surface area contributed by atoms with Gasteiger partial charge in [0.15, 0.2) is 5.13 Å². The van der Waals surface area contributed by atoms with Gasteiger partial charge < -0.3 is 4.74 Å². The normalized spacial score (nSPS) is 17.5. The van der Waals surface area contributed by atoms with Gasteiger partial charge in [-0.3, -0.25) is 9.69 Å². The number of carbonyl (C=O) groups excluding carboxylic acids is 1. The number of ether oxygens (including phenoxy) is 1. The van der Waals surface area contributed by atoms with E-state index < -0.39 is 0 Å². The largest absolute Gasteiger partial charge is 0.376 e.